The molecule has 0 aliphatic carbocycles. The van der Waals surface area contributed by atoms with E-state index in [4.69, 9.17) is 11.6 Å². The van der Waals surface area contributed by atoms with E-state index in [1.807, 2.05) is 6.92 Å². The summed E-state index contributed by atoms with van der Waals surface area (Å²) in [6.07, 6.45) is 0.562. The van der Waals surface area contributed by atoms with Crippen LogP contribution in [0.5, 0.6) is 0 Å². The van der Waals surface area contributed by atoms with Crippen molar-refractivity contribution in [2.45, 2.75) is 19.4 Å². The van der Waals surface area contributed by atoms with Gasteiger partial charge in [-0.15, -0.1) is 0 Å². The van der Waals surface area contributed by atoms with Gasteiger partial charge in [-0.05, 0) is 24.6 Å². The zero-order valence-corrected chi connectivity index (χ0v) is 12.1. The van der Waals surface area contributed by atoms with Crippen LogP contribution in [0.3, 0.4) is 0 Å². The molecule has 0 saturated carbocycles. The Morgan fingerprint density at radius 1 is 1.50 bits per heavy atom. The third kappa shape index (κ3) is 2.52. The Morgan fingerprint density at radius 3 is 2.89 bits per heavy atom. The van der Waals surface area contributed by atoms with Crippen LogP contribution in [0.1, 0.15) is 13.3 Å². The third-order valence-electron chi connectivity index (χ3n) is 2.81. The van der Waals surface area contributed by atoms with Crippen molar-refractivity contribution in [2.24, 2.45) is 0 Å². The molecule has 0 radical (unpaired) electrons. The lowest BCUT2D eigenvalue weighted by molar-refractivity contribution is -0.131. The van der Waals surface area contributed by atoms with Crippen molar-refractivity contribution in [3.8, 4) is 0 Å². The zero-order chi connectivity index (χ0) is 13.3. The third-order valence-corrected chi connectivity index (χ3v) is 3.62. The lowest BCUT2D eigenvalue weighted by Crippen LogP contribution is -2.58. The first kappa shape index (κ1) is 13.4. The highest BCUT2D eigenvalue weighted by Crippen LogP contribution is 2.30. The number of anilines is 1. The van der Waals surface area contributed by atoms with Gasteiger partial charge in [0.05, 0.1) is 10.7 Å². The van der Waals surface area contributed by atoms with Crippen molar-refractivity contribution >= 4 is 45.0 Å². The van der Waals surface area contributed by atoms with Crippen molar-refractivity contribution < 1.29 is 9.59 Å². The van der Waals surface area contributed by atoms with E-state index < -0.39 is 6.04 Å². The fraction of sp³-hybridized carbons (Fsp3) is 0.333. The summed E-state index contributed by atoms with van der Waals surface area (Å²) in [6, 6.07) is 4.76. The van der Waals surface area contributed by atoms with E-state index in [2.05, 4.69) is 21.2 Å². The SMILES string of the molecule is CCC1NC(=O)CN(c2cc(Br)ccc2Cl)C1=O. The van der Waals surface area contributed by atoms with Crippen LogP contribution in [0.2, 0.25) is 5.02 Å². The Morgan fingerprint density at radius 2 is 2.22 bits per heavy atom. The highest BCUT2D eigenvalue weighted by Gasteiger charge is 2.33. The first-order valence-corrected chi connectivity index (χ1v) is 6.75. The van der Waals surface area contributed by atoms with Crippen molar-refractivity contribution in [1.82, 2.24) is 5.32 Å². The summed E-state index contributed by atoms with van der Waals surface area (Å²) in [5.41, 5.74) is 0.560. The second-order valence-electron chi connectivity index (χ2n) is 4.05. The standard InChI is InChI=1S/C12H12BrClN2O2/c1-2-9-12(18)16(6-11(17)15-9)10-5-7(13)3-4-8(10)14/h3-5,9H,2,6H2,1H3,(H,15,17). The summed E-state index contributed by atoms with van der Waals surface area (Å²) in [5.74, 6) is -0.297. The molecule has 96 valence electrons. The van der Waals surface area contributed by atoms with Gasteiger partial charge in [-0.1, -0.05) is 34.5 Å². The maximum atomic E-state index is 12.2. The van der Waals surface area contributed by atoms with Gasteiger partial charge in [0.15, 0.2) is 0 Å². The van der Waals surface area contributed by atoms with Crippen LogP contribution in [0.4, 0.5) is 5.69 Å². The van der Waals surface area contributed by atoms with Crippen LogP contribution in [0.25, 0.3) is 0 Å². The number of rotatable bonds is 2. The summed E-state index contributed by atoms with van der Waals surface area (Å²) in [5, 5.41) is 3.12. The van der Waals surface area contributed by atoms with Gasteiger partial charge >= 0.3 is 0 Å². The van der Waals surface area contributed by atoms with E-state index in [1.165, 1.54) is 4.90 Å². The van der Waals surface area contributed by atoms with Crippen molar-refractivity contribution in [3.05, 3.63) is 27.7 Å². The Kier molecular flexibility index (Phi) is 3.92. The monoisotopic (exact) mass is 330 g/mol. The average Bonchev–Trinajstić information content (AvgIpc) is 2.35. The molecule has 18 heavy (non-hydrogen) atoms. The fourth-order valence-corrected chi connectivity index (χ4v) is 2.45. The second-order valence-corrected chi connectivity index (χ2v) is 5.37. The van der Waals surface area contributed by atoms with E-state index in [1.54, 1.807) is 18.2 Å². The smallest absolute Gasteiger partial charge is 0.250 e. The number of piperazine rings is 1. The second kappa shape index (κ2) is 5.28. The first-order valence-electron chi connectivity index (χ1n) is 5.58. The lowest BCUT2D eigenvalue weighted by atomic mass is 10.1. The van der Waals surface area contributed by atoms with Gasteiger partial charge in [0.25, 0.3) is 0 Å². The van der Waals surface area contributed by atoms with Crippen LogP contribution >= 0.6 is 27.5 Å². The molecule has 4 nitrogen and oxygen atoms in total. The number of nitrogens with one attached hydrogen (secondary N) is 1. The van der Waals surface area contributed by atoms with Crippen LogP contribution < -0.4 is 10.2 Å². The molecule has 1 aromatic rings. The number of carbonyl (C=O) groups is 2. The molecule has 6 heteroatoms. The minimum atomic E-state index is -0.471. The highest BCUT2D eigenvalue weighted by atomic mass is 79.9. The maximum Gasteiger partial charge on any atom is 0.250 e. The quantitative estimate of drug-likeness (QED) is 0.904. The molecule has 1 aliphatic rings. The molecule has 1 unspecified atom stereocenters. The van der Waals surface area contributed by atoms with E-state index in [0.29, 0.717) is 17.1 Å². The van der Waals surface area contributed by atoms with Crippen molar-refractivity contribution in [1.29, 1.82) is 0 Å². The normalized spacial score (nSPS) is 19.9. The number of hydrogen-bond acceptors (Lipinski definition) is 2. The number of halogens is 2. The van der Waals surface area contributed by atoms with Crippen molar-refractivity contribution in [2.75, 3.05) is 11.4 Å². The van der Waals surface area contributed by atoms with E-state index in [0.717, 1.165) is 4.47 Å². The van der Waals surface area contributed by atoms with Crippen LogP contribution in [-0.4, -0.2) is 24.4 Å². The number of amides is 2. The minimum Gasteiger partial charge on any atom is -0.343 e. The topological polar surface area (TPSA) is 49.4 Å². The minimum absolute atomic E-state index is 0.00546. The highest BCUT2D eigenvalue weighted by molar-refractivity contribution is 9.10. The zero-order valence-electron chi connectivity index (χ0n) is 9.74. The molecular formula is C12H12BrClN2O2. The van der Waals surface area contributed by atoms with Gasteiger partial charge in [-0.25, -0.2) is 0 Å². The molecule has 2 amide bonds. The van der Waals surface area contributed by atoms with E-state index >= 15 is 0 Å². The summed E-state index contributed by atoms with van der Waals surface area (Å²) in [7, 11) is 0. The molecule has 0 bridgehead atoms. The predicted molar refractivity (Wildman–Crippen MR) is 73.7 cm³/mol. The summed E-state index contributed by atoms with van der Waals surface area (Å²) in [6.45, 7) is 1.86. The molecule has 1 aromatic carbocycles. The number of nitrogens with zero attached hydrogens (tertiary/aromatic N) is 1. The Bertz CT molecular complexity index is 507. The fourth-order valence-electron chi connectivity index (χ4n) is 1.88. The van der Waals surface area contributed by atoms with E-state index in [9.17, 15) is 9.59 Å². The summed E-state index contributed by atoms with van der Waals surface area (Å²) >= 11 is 9.42. The first-order chi connectivity index (χ1) is 8.52. The molecule has 0 aromatic heterocycles. The Labute approximate surface area is 118 Å². The largest absolute Gasteiger partial charge is 0.343 e. The molecule has 2 rings (SSSR count). The van der Waals surface area contributed by atoms with E-state index in [-0.39, 0.29) is 18.4 Å². The van der Waals surface area contributed by atoms with Gasteiger partial charge in [0.2, 0.25) is 11.8 Å². The average molecular weight is 332 g/mol. The van der Waals surface area contributed by atoms with Crippen molar-refractivity contribution in [3.63, 3.8) is 0 Å². The molecule has 0 spiro atoms. The molecule has 1 N–H and O–H groups in total. The number of hydrogen-bond donors (Lipinski definition) is 1. The van der Waals surface area contributed by atoms with Gasteiger partial charge in [0, 0.05) is 4.47 Å². The van der Waals surface area contributed by atoms with Gasteiger partial charge in [0.1, 0.15) is 12.6 Å². The summed E-state index contributed by atoms with van der Waals surface area (Å²) in [4.78, 5) is 25.2. The molecule has 1 aliphatic heterocycles. The molecular weight excluding hydrogens is 320 g/mol. The maximum absolute atomic E-state index is 12.2. The molecule has 1 saturated heterocycles. The summed E-state index contributed by atoms with van der Waals surface area (Å²) < 4.78 is 0.814. The number of carbonyl (C=O) groups excluding carboxylic acids is 2. The molecule has 1 atom stereocenters. The van der Waals surface area contributed by atoms with Gasteiger partial charge < -0.3 is 5.32 Å². The van der Waals surface area contributed by atoms with Crippen LogP contribution in [0, 0.1) is 0 Å². The number of benzene rings is 1. The predicted octanol–water partition coefficient (Wildman–Crippen LogP) is 2.34. The van der Waals surface area contributed by atoms with Crippen LogP contribution in [0.15, 0.2) is 22.7 Å². The van der Waals surface area contributed by atoms with Gasteiger partial charge in [-0.3, -0.25) is 14.5 Å². The van der Waals surface area contributed by atoms with Gasteiger partial charge in [-0.2, -0.15) is 0 Å². The van der Waals surface area contributed by atoms with Crippen LogP contribution in [-0.2, 0) is 9.59 Å². The Hall–Kier alpha value is -1.07. The lowest BCUT2D eigenvalue weighted by Gasteiger charge is -2.32. The molecule has 1 heterocycles. The molecule has 1 fully saturated rings. The Balaban J connectivity index is 2.39.